The second-order valence-electron chi connectivity index (χ2n) is 7.11. The summed E-state index contributed by atoms with van der Waals surface area (Å²) in [6, 6.07) is 16.2. The number of nitrogens with one attached hydrogen (secondary N) is 2. The lowest BCUT2D eigenvalue weighted by Gasteiger charge is -2.11. The lowest BCUT2D eigenvalue weighted by Crippen LogP contribution is -2.25. The molecule has 1 fully saturated rings. The van der Waals surface area contributed by atoms with Crippen LogP contribution < -0.4 is 15.4 Å². The quantitative estimate of drug-likeness (QED) is 0.602. The van der Waals surface area contributed by atoms with Crippen molar-refractivity contribution in [1.82, 2.24) is 15.3 Å². The maximum Gasteiger partial charge on any atom is 0.227 e. The fourth-order valence-electron chi connectivity index (χ4n) is 3.34. The number of hydrogen-bond donors (Lipinski definition) is 2. The smallest absolute Gasteiger partial charge is 0.227 e. The summed E-state index contributed by atoms with van der Waals surface area (Å²) in [6.07, 6.45) is 6.35. The molecule has 1 aliphatic rings. The molecule has 0 amide bonds. The van der Waals surface area contributed by atoms with Gasteiger partial charge in [-0.2, -0.15) is 0 Å². The van der Waals surface area contributed by atoms with E-state index in [1.165, 1.54) is 12.0 Å². The van der Waals surface area contributed by atoms with Crippen LogP contribution in [0.1, 0.15) is 18.4 Å². The summed E-state index contributed by atoms with van der Waals surface area (Å²) >= 11 is 0. The highest BCUT2D eigenvalue weighted by molar-refractivity contribution is 5.63. The Morgan fingerprint density at radius 1 is 1.00 bits per heavy atom. The standard InChI is InChI=1S/C23H26N4O2/c1-28-21-10-6-18(7-11-21)19-14-25-23(26-15-19)27-20-8-4-17(5-9-20)13-24-16-22-3-2-12-29-22/h4-11,14-15,22,24H,2-3,12-13,16H2,1H3,(H,25,26,27). The summed E-state index contributed by atoms with van der Waals surface area (Å²) in [5.41, 5.74) is 4.22. The van der Waals surface area contributed by atoms with Crippen LogP contribution in [0.2, 0.25) is 0 Å². The number of aromatic nitrogens is 2. The van der Waals surface area contributed by atoms with Gasteiger partial charge >= 0.3 is 0 Å². The van der Waals surface area contributed by atoms with E-state index in [1.807, 2.05) is 48.8 Å². The summed E-state index contributed by atoms with van der Waals surface area (Å²) in [5.74, 6) is 1.41. The van der Waals surface area contributed by atoms with Crippen molar-refractivity contribution < 1.29 is 9.47 Å². The van der Waals surface area contributed by atoms with Crippen molar-refractivity contribution >= 4 is 11.6 Å². The molecule has 3 aromatic rings. The van der Waals surface area contributed by atoms with Crippen LogP contribution in [0.25, 0.3) is 11.1 Å². The molecule has 0 saturated carbocycles. The Balaban J connectivity index is 1.30. The number of nitrogens with zero attached hydrogens (tertiary/aromatic N) is 2. The van der Waals surface area contributed by atoms with Crippen molar-refractivity contribution in [2.75, 3.05) is 25.6 Å². The molecule has 150 valence electrons. The minimum Gasteiger partial charge on any atom is -0.497 e. The molecule has 0 bridgehead atoms. The Labute approximate surface area is 171 Å². The molecule has 0 aliphatic carbocycles. The van der Waals surface area contributed by atoms with Crippen LogP contribution in [0.5, 0.6) is 5.75 Å². The lowest BCUT2D eigenvalue weighted by atomic mass is 10.1. The third-order valence-electron chi connectivity index (χ3n) is 5.01. The molecule has 1 aliphatic heterocycles. The van der Waals surface area contributed by atoms with Crippen LogP contribution in [-0.2, 0) is 11.3 Å². The summed E-state index contributed by atoms with van der Waals surface area (Å²) in [5, 5.41) is 6.71. The molecule has 1 aromatic heterocycles. The predicted molar refractivity (Wildman–Crippen MR) is 114 cm³/mol. The number of hydrogen-bond acceptors (Lipinski definition) is 6. The van der Waals surface area contributed by atoms with Gasteiger partial charge in [0, 0.05) is 43.3 Å². The molecule has 6 heteroatoms. The zero-order valence-electron chi connectivity index (χ0n) is 16.6. The van der Waals surface area contributed by atoms with Gasteiger partial charge in [0.25, 0.3) is 0 Å². The molecule has 1 unspecified atom stereocenters. The first-order chi connectivity index (χ1) is 14.3. The average Bonchev–Trinajstić information content (AvgIpc) is 3.29. The zero-order valence-corrected chi connectivity index (χ0v) is 16.6. The summed E-state index contributed by atoms with van der Waals surface area (Å²) in [7, 11) is 1.66. The van der Waals surface area contributed by atoms with Crippen molar-refractivity contribution in [3.8, 4) is 16.9 Å². The maximum absolute atomic E-state index is 5.63. The second kappa shape index (κ2) is 9.49. The average molecular weight is 390 g/mol. The van der Waals surface area contributed by atoms with Gasteiger partial charge in [0.2, 0.25) is 5.95 Å². The van der Waals surface area contributed by atoms with Gasteiger partial charge in [-0.15, -0.1) is 0 Å². The number of benzene rings is 2. The first kappa shape index (κ1) is 19.4. The Kier molecular flexibility index (Phi) is 6.34. The Bertz CT molecular complexity index is 890. The molecule has 0 radical (unpaired) electrons. The van der Waals surface area contributed by atoms with Gasteiger partial charge in [-0.05, 0) is 48.2 Å². The minimum absolute atomic E-state index is 0.369. The minimum atomic E-state index is 0.369. The largest absolute Gasteiger partial charge is 0.497 e. The molecular weight excluding hydrogens is 364 g/mol. The molecule has 0 spiro atoms. The Morgan fingerprint density at radius 3 is 2.41 bits per heavy atom. The highest BCUT2D eigenvalue weighted by Crippen LogP contribution is 2.22. The predicted octanol–water partition coefficient (Wildman–Crippen LogP) is 4.16. The SMILES string of the molecule is COc1ccc(-c2cnc(Nc3ccc(CNCC4CCCO4)cc3)nc2)cc1. The van der Waals surface area contributed by atoms with Crippen LogP contribution in [-0.4, -0.2) is 36.3 Å². The topological polar surface area (TPSA) is 68.3 Å². The fraction of sp³-hybridized carbons (Fsp3) is 0.304. The van der Waals surface area contributed by atoms with E-state index in [2.05, 4.69) is 32.7 Å². The van der Waals surface area contributed by atoms with Crippen molar-refractivity contribution in [3.63, 3.8) is 0 Å². The van der Waals surface area contributed by atoms with E-state index in [-0.39, 0.29) is 0 Å². The summed E-state index contributed by atoms with van der Waals surface area (Å²) in [6.45, 7) is 2.65. The van der Waals surface area contributed by atoms with Gasteiger partial charge < -0.3 is 20.1 Å². The van der Waals surface area contributed by atoms with E-state index in [0.717, 1.165) is 48.7 Å². The first-order valence-electron chi connectivity index (χ1n) is 9.95. The molecule has 2 aromatic carbocycles. The molecule has 2 N–H and O–H groups in total. The fourth-order valence-corrected chi connectivity index (χ4v) is 3.34. The number of ether oxygens (including phenoxy) is 2. The van der Waals surface area contributed by atoms with E-state index in [1.54, 1.807) is 7.11 Å². The Hall–Kier alpha value is -2.96. The highest BCUT2D eigenvalue weighted by Gasteiger charge is 2.14. The normalized spacial score (nSPS) is 16.0. The highest BCUT2D eigenvalue weighted by atomic mass is 16.5. The van der Waals surface area contributed by atoms with E-state index >= 15 is 0 Å². The van der Waals surface area contributed by atoms with Gasteiger partial charge in [-0.3, -0.25) is 0 Å². The van der Waals surface area contributed by atoms with Crippen molar-refractivity contribution in [1.29, 1.82) is 0 Å². The van der Waals surface area contributed by atoms with Gasteiger partial charge in [0.15, 0.2) is 0 Å². The van der Waals surface area contributed by atoms with E-state index in [0.29, 0.717) is 12.1 Å². The lowest BCUT2D eigenvalue weighted by molar-refractivity contribution is 0.110. The molecule has 4 rings (SSSR count). The van der Waals surface area contributed by atoms with Crippen LogP contribution in [0.3, 0.4) is 0 Å². The molecule has 2 heterocycles. The maximum atomic E-state index is 5.63. The molecule has 29 heavy (non-hydrogen) atoms. The van der Waals surface area contributed by atoms with Crippen LogP contribution in [0, 0.1) is 0 Å². The summed E-state index contributed by atoms with van der Waals surface area (Å²) < 4.78 is 10.8. The van der Waals surface area contributed by atoms with Crippen molar-refractivity contribution in [2.24, 2.45) is 0 Å². The third-order valence-corrected chi connectivity index (χ3v) is 5.01. The Morgan fingerprint density at radius 2 is 1.76 bits per heavy atom. The van der Waals surface area contributed by atoms with Crippen molar-refractivity contribution in [3.05, 3.63) is 66.5 Å². The van der Waals surface area contributed by atoms with Gasteiger partial charge in [0.1, 0.15) is 5.75 Å². The van der Waals surface area contributed by atoms with Crippen LogP contribution >= 0.6 is 0 Å². The zero-order chi connectivity index (χ0) is 19.9. The summed E-state index contributed by atoms with van der Waals surface area (Å²) in [4.78, 5) is 8.86. The number of anilines is 2. The van der Waals surface area contributed by atoms with E-state index in [9.17, 15) is 0 Å². The second-order valence-corrected chi connectivity index (χ2v) is 7.11. The molecule has 6 nitrogen and oxygen atoms in total. The molecule has 1 atom stereocenters. The molecule has 1 saturated heterocycles. The van der Waals surface area contributed by atoms with Crippen LogP contribution in [0.4, 0.5) is 11.6 Å². The van der Waals surface area contributed by atoms with Crippen molar-refractivity contribution in [2.45, 2.75) is 25.5 Å². The first-order valence-corrected chi connectivity index (χ1v) is 9.95. The van der Waals surface area contributed by atoms with E-state index in [4.69, 9.17) is 9.47 Å². The van der Waals surface area contributed by atoms with Gasteiger partial charge in [0.05, 0.1) is 13.2 Å². The monoisotopic (exact) mass is 390 g/mol. The molecular formula is C23H26N4O2. The van der Waals surface area contributed by atoms with E-state index < -0.39 is 0 Å². The van der Waals surface area contributed by atoms with Gasteiger partial charge in [-0.1, -0.05) is 24.3 Å². The van der Waals surface area contributed by atoms with Crippen LogP contribution in [0.15, 0.2) is 60.9 Å². The third kappa shape index (κ3) is 5.31. The number of methoxy groups -OCH3 is 1. The van der Waals surface area contributed by atoms with Gasteiger partial charge in [-0.25, -0.2) is 9.97 Å². The number of rotatable bonds is 8.